The van der Waals surface area contributed by atoms with Crippen molar-refractivity contribution in [3.05, 3.63) is 84.4 Å². The summed E-state index contributed by atoms with van der Waals surface area (Å²) < 4.78 is 17.9. The molecule has 1 saturated heterocycles. The topological polar surface area (TPSA) is 27.7 Å². The van der Waals surface area contributed by atoms with Crippen LogP contribution in [-0.2, 0) is 27.4 Å². The molecule has 1 aliphatic rings. The van der Waals surface area contributed by atoms with Gasteiger partial charge >= 0.3 is 0 Å². The van der Waals surface area contributed by atoms with Gasteiger partial charge in [-0.1, -0.05) is 66.7 Å². The first kappa shape index (κ1) is 16.9. The van der Waals surface area contributed by atoms with Crippen LogP contribution < -0.4 is 0 Å². The van der Waals surface area contributed by atoms with E-state index in [1.807, 2.05) is 42.5 Å². The molecule has 0 aromatic heterocycles. The van der Waals surface area contributed by atoms with Crippen LogP contribution in [0, 0.1) is 0 Å². The minimum absolute atomic E-state index is 0.0315. The van der Waals surface area contributed by atoms with Crippen molar-refractivity contribution in [2.45, 2.75) is 37.9 Å². The zero-order chi connectivity index (χ0) is 16.6. The van der Waals surface area contributed by atoms with Crippen LogP contribution in [0.4, 0.5) is 0 Å². The van der Waals surface area contributed by atoms with Gasteiger partial charge in [0.25, 0.3) is 0 Å². The molecule has 1 aliphatic heterocycles. The molecular formula is C21H24O3. The summed E-state index contributed by atoms with van der Waals surface area (Å²) in [5.74, 6) is 0. The highest BCUT2D eigenvalue weighted by atomic mass is 16.6. The van der Waals surface area contributed by atoms with Crippen LogP contribution >= 0.6 is 0 Å². The van der Waals surface area contributed by atoms with Gasteiger partial charge in [-0.25, -0.2) is 0 Å². The number of hydrogen-bond acceptors (Lipinski definition) is 3. The largest absolute Gasteiger partial charge is 0.374 e. The SMILES string of the molecule is C=C[C@H]1C[C@H](OCc2ccccc2)[C@@H](COCc2ccccc2)O1. The smallest absolute Gasteiger partial charge is 0.108 e. The quantitative estimate of drug-likeness (QED) is 0.683. The lowest BCUT2D eigenvalue weighted by atomic mass is 10.1. The highest BCUT2D eigenvalue weighted by Crippen LogP contribution is 2.25. The van der Waals surface area contributed by atoms with Gasteiger partial charge in [0, 0.05) is 6.42 Å². The third-order valence-corrected chi connectivity index (χ3v) is 4.19. The van der Waals surface area contributed by atoms with Gasteiger partial charge in [-0.15, -0.1) is 6.58 Å². The van der Waals surface area contributed by atoms with Crippen molar-refractivity contribution in [2.24, 2.45) is 0 Å². The molecule has 0 saturated carbocycles. The molecule has 3 nitrogen and oxygen atoms in total. The highest BCUT2D eigenvalue weighted by molar-refractivity contribution is 5.14. The third-order valence-electron chi connectivity index (χ3n) is 4.19. The second kappa shape index (κ2) is 8.78. The summed E-state index contributed by atoms with van der Waals surface area (Å²) in [5.41, 5.74) is 2.33. The maximum atomic E-state index is 6.08. The zero-order valence-corrected chi connectivity index (χ0v) is 13.8. The van der Waals surface area contributed by atoms with Gasteiger partial charge in [0.05, 0.1) is 32.0 Å². The van der Waals surface area contributed by atoms with Gasteiger partial charge in [0.1, 0.15) is 6.10 Å². The van der Waals surface area contributed by atoms with Gasteiger partial charge in [-0.2, -0.15) is 0 Å². The number of rotatable bonds is 8. The van der Waals surface area contributed by atoms with Crippen molar-refractivity contribution in [2.75, 3.05) is 6.61 Å². The fourth-order valence-electron chi connectivity index (χ4n) is 2.87. The summed E-state index contributed by atoms with van der Waals surface area (Å²) in [6.45, 7) is 5.54. The van der Waals surface area contributed by atoms with Crippen molar-refractivity contribution in [1.82, 2.24) is 0 Å². The molecule has 1 heterocycles. The van der Waals surface area contributed by atoms with E-state index in [0.29, 0.717) is 19.8 Å². The van der Waals surface area contributed by atoms with Crippen LogP contribution in [-0.4, -0.2) is 24.9 Å². The third kappa shape index (κ3) is 4.78. The van der Waals surface area contributed by atoms with Gasteiger partial charge < -0.3 is 14.2 Å². The van der Waals surface area contributed by atoms with Gasteiger partial charge in [-0.05, 0) is 11.1 Å². The molecule has 0 amide bonds. The zero-order valence-electron chi connectivity index (χ0n) is 13.8. The molecule has 2 aromatic rings. The Labute approximate surface area is 143 Å². The van der Waals surface area contributed by atoms with Crippen LogP contribution in [0.2, 0.25) is 0 Å². The van der Waals surface area contributed by atoms with E-state index in [1.165, 1.54) is 5.56 Å². The van der Waals surface area contributed by atoms with E-state index in [0.717, 1.165) is 12.0 Å². The van der Waals surface area contributed by atoms with Crippen LogP contribution in [0.3, 0.4) is 0 Å². The molecule has 126 valence electrons. The lowest BCUT2D eigenvalue weighted by molar-refractivity contribution is -0.0659. The molecule has 0 bridgehead atoms. The Hall–Kier alpha value is -1.94. The van der Waals surface area contributed by atoms with E-state index in [-0.39, 0.29) is 18.3 Å². The molecule has 2 aromatic carbocycles. The van der Waals surface area contributed by atoms with Crippen LogP contribution in [0.25, 0.3) is 0 Å². The normalized spacial score (nSPS) is 23.2. The molecule has 3 heteroatoms. The Bertz CT molecular complexity index is 611. The Morgan fingerprint density at radius 2 is 1.58 bits per heavy atom. The van der Waals surface area contributed by atoms with Gasteiger partial charge in [-0.3, -0.25) is 0 Å². The van der Waals surface area contributed by atoms with E-state index in [1.54, 1.807) is 0 Å². The molecule has 0 radical (unpaired) electrons. The van der Waals surface area contributed by atoms with Crippen molar-refractivity contribution in [3.63, 3.8) is 0 Å². The second-order valence-electron chi connectivity index (χ2n) is 6.02. The fraction of sp³-hybridized carbons (Fsp3) is 0.333. The van der Waals surface area contributed by atoms with Gasteiger partial charge in [0.2, 0.25) is 0 Å². The minimum Gasteiger partial charge on any atom is -0.374 e. The molecule has 3 rings (SSSR count). The Morgan fingerprint density at radius 3 is 2.21 bits per heavy atom. The predicted molar refractivity (Wildman–Crippen MR) is 94.6 cm³/mol. The molecular weight excluding hydrogens is 300 g/mol. The number of benzene rings is 2. The van der Waals surface area contributed by atoms with E-state index in [4.69, 9.17) is 14.2 Å². The van der Waals surface area contributed by atoms with E-state index in [9.17, 15) is 0 Å². The van der Waals surface area contributed by atoms with E-state index in [2.05, 4.69) is 30.8 Å². The average molecular weight is 324 g/mol. The summed E-state index contributed by atoms with van der Waals surface area (Å²) in [6.07, 6.45) is 2.69. The molecule has 0 unspecified atom stereocenters. The molecule has 24 heavy (non-hydrogen) atoms. The monoisotopic (exact) mass is 324 g/mol. The first-order chi connectivity index (χ1) is 11.8. The molecule has 0 N–H and O–H groups in total. The first-order valence-electron chi connectivity index (χ1n) is 8.40. The van der Waals surface area contributed by atoms with Crippen molar-refractivity contribution >= 4 is 0 Å². The lowest BCUT2D eigenvalue weighted by Crippen LogP contribution is -2.29. The first-order valence-corrected chi connectivity index (χ1v) is 8.40. The predicted octanol–water partition coefficient (Wildman–Crippen LogP) is 4.13. The highest BCUT2D eigenvalue weighted by Gasteiger charge is 2.34. The average Bonchev–Trinajstić information content (AvgIpc) is 3.04. The summed E-state index contributed by atoms with van der Waals surface area (Å²) in [6, 6.07) is 20.4. The Morgan fingerprint density at radius 1 is 0.958 bits per heavy atom. The summed E-state index contributed by atoms with van der Waals surface area (Å²) in [5, 5.41) is 0. The number of ether oxygens (including phenoxy) is 3. The maximum absolute atomic E-state index is 6.08. The van der Waals surface area contributed by atoms with Crippen molar-refractivity contribution in [1.29, 1.82) is 0 Å². The Kier molecular flexibility index (Phi) is 6.19. The number of hydrogen-bond donors (Lipinski definition) is 0. The van der Waals surface area contributed by atoms with Crippen LogP contribution in [0.15, 0.2) is 73.3 Å². The fourth-order valence-corrected chi connectivity index (χ4v) is 2.87. The molecule has 3 atom stereocenters. The van der Waals surface area contributed by atoms with Crippen LogP contribution in [0.1, 0.15) is 17.5 Å². The van der Waals surface area contributed by atoms with Crippen molar-refractivity contribution in [3.8, 4) is 0 Å². The summed E-state index contributed by atoms with van der Waals surface area (Å²) in [4.78, 5) is 0. The summed E-state index contributed by atoms with van der Waals surface area (Å²) in [7, 11) is 0. The minimum atomic E-state index is -0.0552. The van der Waals surface area contributed by atoms with E-state index >= 15 is 0 Å². The molecule has 0 aliphatic carbocycles. The molecule has 1 fully saturated rings. The molecule has 0 spiro atoms. The lowest BCUT2D eigenvalue weighted by Gasteiger charge is -2.19. The second-order valence-corrected chi connectivity index (χ2v) is 6.02. The Balaban J connectivity index is 1.50. The standard InChI is InChI=1S/C21H24O3/c1-2-19-13-20(23-15-18-11-7-4-8-12-18)21(24-19)16-22-14-17-9-5-3-6-10-17/h2-12,19-21H,1,13-16H2/t19-,20-,21+/m0/s1. The van der Waals surface area contributed by atoms with E-state index < -0.39 is 0 Å². The van der Waals surface area contributed by atoms with Crippen molar-refractivity contribution < 1.29 is 14.2 Å². The summed E-state index contributed by atoms with van der Waals surface area (Å²) >= 11 is 0. The maximum Gasteiger partial charge on any atom is 0.108 e. The van der Waals surface area contributed by atoms with Crippen LogP contribution in [0.5, 0.6) is 0 Å². The van der Waals surface area contributed by atoms with Gasteiger partial charge in [0.15, 0.2) is 0 Å².